The van der Waals surface area contributed by atoms with Crippen molar-refractivity contribution in [3.63, 3.8) is 0 Å². The molecule has 0 N–H and O–H groups in total. The van der Waals surface area contributed by atoms with Crippen molar-refractivity contribution in [2.75, 3.05) is 13.7 Å². The van der Waals surface area contributed by atoms with Gasteiger partial charge >= 0.3 is 5.97 Å². The number of ether oxygens (including phenoxy) is 1. The van der Waals surface area contributed by atoms with Gasteiger partial charge in [0.25, 0.3) is 5.91 Å². The molecule has 0 saturated carbocycles. The third-order valence-electron chi connectivity index (χ3n) is 3.71. The summed E-state index contributed by atoms with van der Waals surface area (Å²) in [6.45, 7) is 4.29. The van der Waals surface area contributed by atoms with Gasteiger partial charge in [0.1, 0.15) is 6.33 Å². The molecule has 0 radical (unpaired) electrons. The molecule has 0 spiro atoms. The second kappa shape index (κ2) is 5.29. The maximum Gasteiger partial charge on any atom is 0.358 e. The molecule has 114 valence electrons. The molecule has 0 fully saturated rings. The number of carbonyl (C=O) groups is 2. The Balaban J connectivity index is 2.20. The average Bonchev–Trinajstić information content (AvgIpc) is 2.86. The third-order valence-corrected chi connectivity index (χ3v) is 3.71. The standard InChI is InChI=1S/C16H17N3O3/c1-4-22-16(21)14-13-8-18(3)15(20)11-7-10(2)5-6-12(11)19(13)9-17-14/h5-7,9H,4,8H2,1-3H3. The molecule has 0 unspecified atom stereocenters. The van der Waals surface area contributed by atoms with Gasteiger partial charge in [-0.3, -0.25) is 9.36 Å². The van der Waals surface area contributed by atoms with E-state index in [1.807, 2.05) is 25.1 Å². The number of hydrogen-bond acceptors (Lipinski definition) is 4. The van der Waals surface area contributed by atoms with Crippen LogP contribution in [0.2, 0.25) is 0 Å². The summed E-state index contributed by atoms with van der Waals surface area (Å²) in [7, 11) is 1.71. The van der Waals surface area contributed by atoms with E-state index in [1.165, 1.54) is 0 Å². The highest BCUT2D eigenvalue weighted by Gasteiger charge is 2.28. The first-order valence-corrected chi connectivity index (χ1v) is 7.12. The van der Waals surface area contributed by atoms with E-state index < -0.39 is 5.97 Å². The summed E-state index contributed by atoms with van der Waals surface area (Å²) < 4.78 is 6.84. The van der Waals surface area contributed by atoms with E-state index in [-0.39, 0.29) is 18.2 Å². The quantitative estimate of drug-likeness (QED) is 0.795. The molecule has 1 aliphatic rings. The number of carbonyl (C=O) groups excluding carboxylic acids is 2. The lowest BCUT2D eigenvalue weighted by atomic mass is 10.1. The van der Waals surface area contributed by atoms with Crippen molar-refractivity contribution in [3.05, 3.63) is 47.0 Å². The molecule has 22 heavy (non-hydrogen) atoms. The van der Waals surface area contributed by atoms with Crippen LogP contribution in [-0.4, -0.2) is 40.0 Å². The highest BCUT2D eigenvalue weighted by molar-refractivity contribution is 5.99. The fourth-order valence-corrected chi connectivity index (χ4v) is 2.64. The van der Waals surface area contributed by atoms with Gasteiger partial charge in [-0.25, -0.2) is 9.78 Å². The molecule has 1 aromatic carbocycles. The molecule has 0 saturated heterocycles. The first-order valence-electron chi connectivity index (χ1n) is 7.12. The summed E-state index contributed by atoms with van der Waals surface area (Å²) in [5.74, 6) is -0.537. The number of esters is 1. The molecular formula is C16H17N3O3. The van der Waals surface area contributed by atoms with Crippen LogP contribution in [0.25, 0.3) is 5.69 Å². The third kappa shape index (κ3) is 2.16. The second-order valence-corrected chi connectivity index (χ2v) is 5.31. The number of nitrogens with zero attached hydrogens (tertiary/aromatic N) is 3. The van der Waals surface area contributed by atoms with Gasteiger partial charge in [-0.05, 0) is 26.0 Å². The zero-order valence-corrected chi connectivity index (χ0v) is 12.8. The predicted octanol–water partition coefficient (Wildman–Crippen LogP) is 1.94. The number of rotatable bonds is 2. The van der Waals surface area contributed by atoms with Crippen molar-refractivity contribution >= 4 is 11.9 Å². The topological polar surface area (TPSA) is 64.4 Å². The van der Waals surface area contributed by atoms with Gasteiger partial charge in [-0.2, -0.15) is 0 Å². The fraction of sp³-hybridized carbons (Fsp3) is 0.312. The number of fused-ring (bicyclic) bond motifs is 3. The van der Waals surface area contributed by atoms with E-state index in [2.05, 4.69) is 4.98 Å². The lowest BCUT2D eigenvalue weighted by Crippen LogP contribution is -2.26. The van der Waals surface area contributed by atoms with Crippen LogP contribution in [0.3, 0.4) is 0 Å². The Kier molecular flexibility index (Phi) is 3.44. The molecular weight excluding hydrogens is 282 g/mol. The Morgan fingerprint density at radius 1 is 1.41 bits per heavy atom. The number of aryl methyl sites for hydroxylation is 1. The summed E-state index contributed by atoms with van der Waals surface area (Å²) in [6, 6.07) is 5.67. The van der Waals surface area contributed by atoms with E-state index in [9.17, 15) is 9.59 Å². The van der Waals surface area contributed by atoms with Crippen molar-refractivity contribution in [1.82, 2.24) is 14.5 Å². The van der Waals surface area contributed by atoms with Crippen LogP contribution < -0.4 is 0 Å². The number of amides is 1. The zero-order chi connectivity index (χ0) is 15.9. The molecule has 0 atom stereocenters. The van der Waals surface area contributed by atoms with Crippen molar-refractivity contribution in [2.24, 2.45) is 0 Å². The van der Waals surface area contributed by atoms with Gasteiger partial charge in [0.05, 0.1) is 30.1 Å². The Bertz CT molecular complexity index is 764. The maximum absolute atomic E-state index is 12.5. The molecule has 2 heterocycles. The van der Waals surface area contributed by atoms with Crippen LogP contribution in [-0.2, 0) is 11.3 Å². The van der Waals surface area contributed by atoms with E-state index in [4.69, 9.17) is 4.74 Å². The van der Waals surface area contributed by atoms with Gasteiger partial charge in [-0.1, -0.05) is 11.6 Å². The van der Waals surface area contributed by atoms with Crippen LogP contribution in [0.1, 0.15) is 39.0 Å². The van der Waals surface area contributed by atoms with E-state index in [0.29, 0.717) is 17.8 Å². The minimum Gasteiger partial charge on any atom is -0.461 e. The minimum atomic E-state index is -0.465. The fourth-order valence-electron chi connectivity index (χ4n) is 2.64. The van der Waals surface area contributed by atoms with Crippen molar-refractivity contribution in [2.45, 2.75) is 20.4 Å². The van der Waals surface area contributed by atoms with Gasteiger partial charge in [0.15, 0.2) is 5.69 Å². The Morgan fingerprint density at radius 2 is 2.18 bits per heavy atom. The van der Waals surface area contributed by atoms with Gasteiger partial charge < -0.3 is 9.64 Å². The summed E-state index contributed by atoms with van der Waals surface area (Å²) in [5.41, 5.74) is 3.27. The largest absolute Gasteiger partial charge is 0.461 e. The molecule has 0 bridgehead atoms. The van der Waals surface area contributed by atoms with Gasteiger partial charge in [0, 0.05) is 7.05 Å². The van der Waals surface area contributed by atoms with Crippen molar-refractivity contribution in [3.8, 4) is 5.69 Å². The highest BCUT2D eigenvalue weighted by atomic mass is 16.5. The summed E-state index contributed by atoms with van der Waals surface area (Å²) in [4.78, 5) is 30.4. The van der Waals surface area contributed by atoms with Crippen LogP contribution in [0.15, 0.2) is 24.5 Å². The number of hydrogen-bond donors (Lipinski definition) is 0. The molecule has 0 aliphatic carbocycles. The zero-order valence-electron chi connectivity index (χ0n) is 12.8. The SMILES string of the molecule is CCOC(=O)c1ncn2c1CN(C)C(=O)c1cc(C)ccc1-2. The predicted molar refractivity (Wildman–Crippen MR) is 80.1 cm³/mol. The average molecular weight is 299 g/mol. The first-order chi connectivity index (χ1) is 10.5. The Hall–Kier alpha value is -2.63. The Labute approximate surface area is 128 Å². The minimum absolute atomic E-state index is 0.0720. The normalized spacial score (nSPS) is 13.4. The van der Waals surface area contributed by atoms with Gasteiger partial charge in [0.2, 0.25) is 0 Å². The number of imidazole rings is 1. The molecule has 6 heteroatoms. The lowest BCUT2D eigenvalue weighted by Gasteiger charge is -2.14. The summed E-state index contributed by atoms with van der Waals surface area (Å²) >= 11 is 0. The van der Waals surface area contributed by atoms with E-state index >= 15 is 0 Å². The molecule has 3 rings (SSSR count). The van der Waals surface area contributed by atoms with Crippen LogP contribution >= 0.6 is 0 Å². The Morgan fingerprint density at radius 3 is 2.91 bits per heavy atom. The smallest absolute Gasteiger partial charge is 0.358 e. The molecule has 1 amide bonds. The van der Waals surface area contributed by atoms with E-state index in [0.717, 1.165) is 11.3 Å². The number of benzene rings is 1. The summed E-state index contributed by atoms with van der Waals surface area (Å²) in [5, 5.41) is 0. The molecule has 1 aliphatic heterocycles. The van der Waals surface area contributed by atoms with Crippen LogP contribution in [0.4, 0.5) is 0 Å². The molecule has 1 aromatic heterocycles. The van der Waals surface area contributed by atoms with Crippen LogP contribution in [0, 0.1) is 6.92 Å². The van der Waals surface area contributed by atoms with Crippen molar-refractivity contribution < 1.29 is 14.3 Å². The number of aromatic nitrogens is 2. The summed E-state index contributed by atoms with van der Waals surface area (Å²) in [6.07, 6.45) is 1.57. The van der Waals surface area contributed by atoms with E-state index in [1.54, 1.807) is 29.8 Å². The van der Waals surface area contributed by atoms with Gasteiger partial charge in [-0.15, -0.1) is 0 Å². The lowest BCUT2D eigenvalue weighted by molar-refractivity contribution is 0.0516. The molecule has 6 nitrogen and oxygen atoms in total. The molecule has 2 aromatic rings. The monoisotopic (exact) mass is 299 g/mol. The second-order valence-electron chi connectivity index (χ2n) is 5.31. The van der Waals surface area contributed by atoms with Crippen LogP contribution in [0.5, 0.6) is 0 Å². The highest BCUT2D eigenvalue weighted by Crippen LogP contribution is 2.26. The first kappa shape index (κ1) is 14.3. The maximum atomic E-state index is 12.5. The van der Waals surface area contributed by atoms with Crippen molar-refractivity contribution in [1.29, 1.82) is 0 Å².